The van der Waals surface area contributed by atoms with Crippen molar-refractivity contribution < 1.29 is 22.7 Å². The molecule has 1 unspecified atom stereocenters. The molecule has 0 saturated carbocycles. The van der Waals surface area contributed by atoms with E-state index < -0.39 is 12.8 Å². The molecule has 0 aliphatic heterocycles. The summed E-state index contributed by atoms with van der Waals surface area (Å²) in [5, 5.41) is 2.50. The third-order valence-electron chi connectivity index (χ3n) is 2.52. The van der Waals surface area contributed by atoms with Crippen LogP contribution in [0.1, 0.15) is 19.8 Å². The zero-order valence-corrected chi connectivity index (χ0v) is 11.0. The van der Waals surface area contributed by atoms with Crippen LogP contribution in [0.5, 0.6) is 5.75 Å². The van der Waals surface area contributed by atoms with Crippen molar-refractivity contribution in [3.05, 3.63) is 24.3 Å². The molecule has 0 bridgehead atoms. The van der Waals surface area contributed by atoms with E-state index in [-0.39, 0.29) is 29.8 Å². The van der Waals surface area contributed by atoms with E-state index in [4.69, 9.17) is 5.73 Å². The number of hydrogen-bond acceptors (Lipinski definition) is 3. The SMILES string of the molecule is CCC(N)CC(=O)Nc1ccccc1OCC(F)(F)F. The van der Waals surface area contributed by atoms with Crippen molar-refractivity contribution in [2.24, 2.45) is 5.73 Å². The van der Waals surface area contributed by atoms with E-state index in [2.05, 4.69) is 10.1 Å². The third-order valence-corrected chi connectivity index (χ3v) is 2.52. The van der Waals surface area contributed by atoms with Crippen molar-refractivity contribution in [3.8, 4) is 5.75 Å². The van der Waals surface area contributed by atoms with Gasteiger partial charge in [0, 0.05) is 12.5 Å². The van der Waals surface area contributed by atoms with Crippen LogP contribution in [0.15, 0.2) is 24.3 Å². The third kappa shape index (κ3) is 5.92. The number of hydrogen-bond donors (Lipinski definition) is 2. The summed E-state index contributed by atoms with van der Waals surface area (Å²) in [6, 6.07) is 5.68. The topological polar surface area (TPSA) is 64.4 Å². The first kappa shape index (κ1) is 16.3. The Morgan fingerprint density at radius 1 is 1.40 bits per heavy atom. The second kappa shape index (κ2) is 7.14. The summed E-state index contributed by atoms with van der Waals surface area (Å²) in [5.74, 6) is -0.384. The number of alkyl halides is 3. The Labute approximate surface area is 115 Å². The Kier molecular flexibility index (Phi) is 5.82. The van der Waals surface area contributed by atoms with Crippen LogP contribution in [0.25, 0.3) is 0 Å². The standard InChI is InChI=1S/C13H17F3N2O2/c1-2-9(17)7-12(19)18-10-5-3-4-6-11(10)20-8-13(14,15)16/h3-6,9H,2,7-8,17H2,1H3,(H,18,19). The van der Waals surface area contributed by atoms with Gasteiger partial charge in [-0.25, -0.2) is 0 Å². The van der Waals surface area contributed by atoms with Crippen molar-refractivity contribution in [3.63, 3.8) is 0 Å². The number of halogens is 3. The fourth-order valence-electron chi connectivity index (χ4n) is 1.44. The van der Waals surface area contributed by atoms with Gasteiger partial charge in [0.1, 0.15) is 5.75 Å². The molecule has 0 aliphatic rings. The summed E-state index contributed by atoms with van der Waals surface area (Å²) in [5.41, 5.74) is 5.84. The van der Waals surface area contributed by atoms with E-state index in [1.165, 1.54) is 18.2 Å². The first-order chi connectivity index (χ1) is 9.31. The minimum atomic E-state index is -4.43. The number of carbonyl (C=O) groups excluding carboxylic acids is 1. The highest BCUT2D eigenvalue weighted by atomic mass is 19.4. The molecule has 1 aromatic carbocycles. The molecule has 0 heterocycles. The van der Waals surface area contributed by atoms with Gasteiger partial charge in [-0.2, -0.15) is 13.2 Å². The average Bonchev–Trinajstić information content (AvgIpc) is 2.36. The largest absolute Gasteiger partial charge is 0.482 e. The minimum Gasteiger partial charge on any atom is -0.482 e. The van der Waals surface area contributed by atoms with Crippen LogP contribution >= 0.6 is 0 Å². The van der Waals surface area contributed by atoms with E-state index in [0.29, 0.717) is 6.42 Å². The molecule has 20 heavy (non-hydrogen) atoms. The number of ether oxygens (including phenoxy) is 1. The summed E-state index contributed by atoms with van der Waals surface area (Å²) in [7, 11) is 0. The predicted octanol–water partition coefficient (Wildman–Crippen LogP) is 2.69. The van der Waals surface area contributed by atoms with Crippen LogP contribution in [-0.2, 0) is 4.79 Å². The molecule has 0 radical (unpaired) electrons. The maximum Gasteiger partial charge on any atom is 0.422 e. The predicted molar refractivity (Wildman–Crippen MR) is 69.5 cm³/mol. The summed E-state index contributed by atoms with van der Waals surface area (Å²) >= 11 is 0. The second-order valence-corrected chi connectivity index (χ2v) is 4.32. The number of anilines is 1. The minimum absolute atomic E-state index is 0.0248. The average molecular weight is 290 g/mol. The quantitative estimate of drug-likeness (QED) is 0.846. The number of nitrogens with two attached hydrogens (primary N) is 1. The Hall–Kier alpha value is -1.76. The molecular weight excluding hydrogens is 273 g/mol. The Balaban J connectivity index is 2.68. The van der Waals surface area contributed by atoms with E-state index in [1.807, 2.05) is 6.92 Å². The fraction of sp³-hybridized carbons (Fsp3) is 0.462. The lowest BCUT2D eigenvalue weighted by atomic mass is 10.1. The molecule has 3 N–H and O–H groups in total. The van der Waals surface area contributed by atoms with Gasteiger partial charge in [0.15, 0.2) is 6.61 Å². The number of nitrogens with one attached hydrogen (secondary N) is 1. The Morgan fingerprint density at radius 2 is 2.05 bits per heavy atom. The van der Waals surface area contributed by atoms with Gasteiger partial charge < -0.3 is 15.8 Å². The molecule has 0 saturated heterocycles. The maximum absolute atomic E-state index is 12.1. The van der Waals surface area contributed by atoms with Gasteiger partial charge in [0.05, 0.1) is 5.69 Å². The summed E-state index contributed by atoms with van der Waals surface area (Å²) < 4.78 is 41.0. The molecule has 0 aromatic heterocycles. The van der Waals surface area contributed by atoms with Crippen molar-refractivity contribution in [2.45, 2.75) is 32.0 Å². The summed E-state index contributed by atoms with van der Waals surface area (Å²) in [4.78, 5) is 11.7. The lowest BCUT2D eigenvalue weighted by Gasteiger charge is -2.14. The van der Waals surface area contributed by atoms with Crippen LogP contribution in [0, 0.1) is 0 Å². The van der Waals surface area contributed by atoms with E-state index >= 15 is 0 Å². The Morgan fingerprint density at radius 3 is 2.65 bits per heavy atom. The molecule has 0 spiro atoms. The van der Waals surface area contributed by atoms with Gasteiger partial charge in [-0.3, -0.25) is 4.79 Å². The number of rotatable bonds is 6. The maximum atomic E-state index is 12.1. The highest BCUT2D eigenvalue weighted by molar-refractivity contribution is 5.92. The lowest BCUT2D eigenvalue weighted by molar-refractivity contribution is -0.153. The number of benzene rings is 1. The Bertz CT molecular complexity index is 449. The number of para-hydroxylation sites is 2. The highest BCUT2D eigenvalue weighted by Gasteiger charge is 2.28. The zero-order valence-electron chi connectivity index (χ0n) is 11.0. The highest BCUT2D eigenvalue weighted by Crippen LogP contribution is 2.26. The molecule has 1 aromatic rings. The van der Waals surface area contributed by atoms with E-state index in [1.54, 1.807) is 6.07 Å². The molecule has 112 valence electrons. The van der Waals surface area contributed by atoms with Gasteiger partial charge in [0.25, 0.3) is 0 Å². The molecule has 0 fully saturated rings. The summed E-state index contributed by atoms with van der Waals surface area (Å²) in [6.45, 7) is 0.437. The number of amides is 1. The van der Waals surface area contributed by atoms with Crippen LogP contribution in [0.3, 0.4) is 0 Å². The first-order valence-electron chi connectivity index (χ1n) is 6.16. The van der Waals surface area contributed by atoms with Crippen molar-refractivity contribution in [2.75, 3.05) is 11.9 Å². The van der Waals surface area contributed by atoms with Crippen molar-refractivity contribution in [1.29, 1.82) is 0 Å². The zero-order chi connectivity index (χ0) is 15.2. The molecule has 1 rings (SSSR count). The molecule has 1 amide bonds. The van der Waals surface area contributed by atoms with Crippen LogP contribution < -0.4 is 15.8 Å². The molecule has 0 aliphatic carbocycles. The van der Waals surface area contributed by atoms with Crippen LogP contribution in [0.2, 0.25) is 0 Å². The molecular formula is C13H17F3N2O2. The molecule has 1 atom stereocenters. The van der Waals surface area contributed by atoms with Crippen molar-refractivity contribution in [1.82, 2.24) is 0 Å². The van der Waals surface area contributed by atoms with Gasteiger partial charge >= 0.3 is 6.18 Å². The smallest absolute Gasteiger partial charge is 0.422 e. The van der Waals surface area contributed by atoms with E-state index in [0.717, 1.165) is 0 Å². The van der Waals surface area contributed by atoms with Gasteiger partial charge in [-0.15, -0.1) is 0 Å². The number of carbonyl (C=O) groups is 1. The monoisotopic (exact) mass is 290 g/mol. The van der Waals surface area contributed by atoms with Crippen LogP contribution in [0.4, 0.5) is 18.9 Å². The van der Waals surface area contributed by atoms with Crippen molar-refractivity contribution >= 4 is 11.6 Å². The normalized spacial score (nSPS) is 12.8. The summed E-state index contributed by atoms with van der Waals surface area (Å²) in [6.07, 6.45) is -3.69. The molecule has 4 nitrogen and oxygen atoms in total. The lowest BCUT2D eigenvalue weighted by Crippen LogP contribution is -2.26. The van der Waals surface area contributed by atoms with Crippen LogP contribution in [-0.4, -0.2) is 24.7 Å². The van der Waals surface area contributed by atoms with Gasteiger partial charge in [-0.1, -0.05) is 19.1 Å². The first-order valence-corrected chi connectivity index (χ1v) is 6.16. The van der Waals surface area contributed by atoms with Gasteiger partial charge in [0.2, 0.25) is 5.91 Å². The fourth-order valence-corrected chi connectivity index (χ4v) is 1.44. The van der Waals surface area contributed by atoms with Gasteiger partial charge in [-0.05, 0) is 18.6 Å². The second-order valence-electron chi connectivity index (χ2n) is 4.32. The van der Waals surface area contributed by atoms with E-state index in [9.17, 15) is 18.0 Å². The molecule has 7 heteroatoms.